The fraction of sp³-hybridized carbons (Fsp3) is 1.00. The molecule has 3 atom stereocenters. The number of rotatable bonds is 1. The molecule has 2 saturated heterocycles. The van der Waals surface area contributed by atoms with Crippen LogP contribution in [0.4, 0.5) is 0 Å². The number of likely N-dealkylation sites (N-methyl/N-ethyl adjacent to an activating group) is 1. The van der Waals surface area contributed by atoms with Crippen molar-refractivity contribution in [3.63, 3.8) is 0 Å². The number of hydrogen-bond acceptors (Lipinski definition) is 2. The molecule has 1 saturated carbocycles. The second kappa shape index (κ2) is 8.69. The monoisotopic (exact) mass is 419 g/mol. The molecule has 30 heavy (non-hydrogen) atoms. The van der Waals surface area contributed by atoms with Crippen LogP contribution in [-0.2, 0) is 4.74 Å². The minimum Gasteiger partial charge on any atom is -0.374 e. The van der Waals surface area contributed by atoms with Gasteiger partial charge in [-0.3, -0.25) is 4.90 Å². The van der Waals surface area contributed by atoms with Gasteiger partial charge in [0.2, 0.25) is 0 Å². The molecule has 1 spiro atoms. The van der Waals surface area contributed by atoms with E-state index in [0.717, 1.165) is 12.5 Å². The molecule has 176 valence electrons. The molecule has 3 unspecified atom stereocenters. The number of likely N-dealkylation sites (tertiary alicyclic amines) is 1. The predicted molar refractivity (Wildman–Crippen MR) is 130 cm³/mol. The largest absolute Gasteiger partial charge is 0.374 e. The maximum absolute atomic E-state index is 6.34. The lowest BCUT2D eigenvalue weighted by atomic mass is 9.61. The van der Waals surface area contributed by atoms with Crippen molar-refractivity contribution in [2.24, 2.45) is 22.2 Å². The molecule has 2 nitrogen and oxygen atoms in total. The topological polar surface area (TPSA) is 12.5 Å². The molecule has 3 rings (SSSR count). The predicted octanol–water partition coefficient (Wildman–Crippen LogP) is 7.85. The van der Waals surface area contributed by atoms with E-state index in [0.29, 0.717) is 16.2 Å². The van der Waals surface area contributed by atoms with Gasteiger partial charge in [-0.05, 0) is 81.6 Å². The number of nitrogens with zero attached hydrogens (tertiary/aromatic N) is 1. The van der Waals surface area contributed by atoms with Crippen LogP contribution in [0, 0.1) is 22.2 Å². The van der Waals surface area contributed by atoms with Crippen molar-refractivity contribution < 1.29 is 4.74 Å². The summed E-state index contributed by atoms with van der Waals surface area (Å²) in [6.45, 7) is 19.6. The summed E-state index contributed by atoms with van der Waals surface area (Å²) < 4.78 is 6.34. The molecular weight excluding hydrogens is 366 g/mol. The zero-order chi connectivity index (χ0) is 22.3. The van der Waals surface area contributed by atoms with E-state index in [2.05, 4.69) is 60.4 Å². The summed E-state index contributed by atoms with van der Waals surface area (Å²) in [5.74, 6) is 0.831. The van der Waals surface area contributed by atoms with E-state index in [1.807, 2.05) is 0 Å². The summed E-state index contributed by atoms with van der Waals surface area (Å²) in [5, 5.41) is 0. The molecule has 0 aromatic rings. The Labute approximate surface area is 188 Å². The average molecular weight is 420 g/mol. The van der Waals surface area contributed by atoms with Gasteiger partial charge >= 0.3 is 0 Å². The van der Waals surface area contributed by atoms with Gasteiger partial charge in [0.25, 0.3) is 0 Å². The van der Waals surface area contributed by atoms with E-state index < -0.39 is 0 Å². The zero-order valence-electron chi connectivity index (χ0n) is 21.8. The van der Waals surface area contributed by atoms with Crippen LogP contribution in [0.2, 0.25) is 0 Å². The van der Waals surface area contributed by atoms with Crippen LogP contribution in [-0.4, -0.2) is 36.2 Å². The third kappa shape index (κ3) is 5.83. The molecule has 0 radical (unpaired) electrons. The first-order valence-electron chi connectivity index (χ1n) is 13.1. The van der Waals surface area contributed by atoms with Gasteiger partial charge in [0.1, 0.15) is 0 Å². The van der Waals surface area contributed by atoms with Crippen LogP contribution in [0.15, 0.2) is 0 Å². The Bertz CT molecular complexity index is 579. The van der Waals surface area contributed by atoms with Crippen molar-refractivity contribution in [1.29, 1.82) is 0 Å². The molecule has 0 bridgehead atoms. The second-order valence-electron chi connectivity index (χ2n) is 14.2. The molecule has 0 N–H and O–H groups in total. The Morgan fingerprint density at radius 2 is 1.37 bits per heavy atom. The molecule has 2 heterocycles. The highest BCUT2D eigenvalue weighted by Gasteiger charge is 2.55. The molecule has 0 aromatic carbocycles. The fourth-order valence-electron chi connectivity index (χ4n) is 7.97. The van der Waals surface area contributed by atoms with E-state index in [1.54, 1.807) is 0 Å². The van der Waals surface area contributed by atoms with Crippen molar-refractivity contribution in [3.8, 4) is 0 Å². The SMILES string of the molecule is CN1CC(C)(C2CCCCCCCCC(C)(C)C2)CC(C)(C)CC12COC(C)(C)C2. The minimum atomic E-state index is 0.0156. The van der Waals surface area contributed by atoms with E-state index in [-0.39, 0.29) is 11.1 Å². The summed E-state index contributed by atoms with van der Waals surface area (Å²) in [6.07, 6.45) is 16.7. The summed E-state index contributed by atoms with van der Waals surface area (Å²) >= 11 is 0. The normalized spacial score (nSPS) is 40.6. The zero-order valence-corrected chi connectivity index (χ0v) is 21.8. The molecule has 0 aromatic heterocycles. The summed E-state index contributed by atoms with van der Waals surface area (Å²) in [4.78, 5) is 2.76. The van der Waals surface area contributed by atoms with Crippen molar-refractivity contribution >= 4 is 0 Å². The standard InChI is InChI=1S/C28H53NO/c1-24(2)16-14-12-10-9-11-13-15-23(17-24)27(7)18-25(3,4)19-28(29(8)21-27)20-26(5,6)30-22-28/h23H,9-22H2,1-8H3. The molecule has 0 amide bonds. The van der Waals surface area contributed by atoms with E-state index in [1.165, 1.54) is 83.6 Å². The fourth-order valence-corrected chi connectivity index (χ4v) is 7.97. The lowest BCUT2D eigenvalue weighted by Crippen LogP contribution is -2.51. The van der Waals surface area contributed by atoms with Crippen molar-refractivity contribution in [3.05, 3.63) is 0 Å². The first-order chi connectivity index (χ1) is 13.8. The Kier molecular flexibility index (Phi) is 7.12. The van der Waals surface area contributed by atoms with Crippen LogP contribution in [0.25, 0.3) is 0 Å². The van der Waals surface area contributed by atoms with E-state index in [4.69, 9.17) is 4.74 Å². The molecule has 3 fully saturated rings. The smallest absolute Gasteiger partial charge is 0.0658 e. The van der Waals surface area contributed by atoms with Gasteiger partial charge in [-0.15, -0.1) is 0 Å². The van der Waals surface area contributed by atoms with Gasteiger partial charge in [0.15, 0.2) is 0 Å². The highest BCUT2D eigenvalue weighted by atomic mass is 16.5. The Morgan fingerprint density at radius 3 is 2.00 bits per heavy atom. The van der Waals surface area contributed by atoms with E-state index in [9.17, 15) is 0 Å². The third-order valence-electron chi connectivity index (χ3n) is 9.03. The van der Waals surface area contributed by atoms with Crippen molar-refractivity contribution in [2.45, 2.75) is 137 Å². The summed E-state index contributed by atoms with van der Waals surface area (Å²) in [6, 6.07) is 0. The van der Waals surface area contributed by atoms with Gasteiger partial charge in [0.05, 0.1) is 12.2 Å². The van der Waals surface area contributed by atoms with Gasteiger partial charge in [-0.2, -0.15) is 0 Å². The molecule has 2 aliphatic heterocycles. The first kappa shape index (κ1) is 24.6. The lowest BCUT2D eigenvalue weighted by Gasteiger charge is -2.46. The van der Waals surface area contributed by atoms with Crippen LogP contribution < -0.4 is 0 Å². The Balaban J connectivity index is 1.88. The van der Waals surface area contributed by atoms with Gasteiger partial charge in [0, 0.05) is 12.1 Å². The molecule has 3 aliphatic rings. The Hall–Kier alpha value is -0.0800. The molecule has 2 heteroatoms. The molecule has 1 aliphatic carbocycles. The van der Waals surface area contributed by atoms with Crippen LogP contribution >= 0.6 is 0 Å². The maximum Gasteiger partial charge on any atom is 0.0658 e. The van der Waals surface area contributed by atoms with Crippen LogP contribution in [0.1, 0.15) is 126 Å². The Morgan fingerprint density at radius 1 is 0.733 bits per heavy atom. The summed E-state index contributed by atoms with van der Waals surface area (Å²) in [5.41, 5.74) is 1.46. The third-order valence-corrected chi connectivity index (χ3v) is 9.03. The maximum atomic E-state index is 6.34. The van der Waals surface area contributed by atoms with Gasteiger partial charge in [-0.25, -0.2) is 0 Å². The summed E-state index contributed by atoms with van der Waals surface area (Å²) in [7, 11) is 2.42. The highest BCUT2D eigenvalue weighted by Crippen LogP contribution is 2.55. The van der Waals surface area contributed by atoms with Crippen molar-refractivity contribution in [1.82, 2.24) is 4.90 Å². The number of hydrogen-bond donors (Lipinski definition) is 0. The van der Waals surface area contributed by atoms with Crippen molar-refractivity contribution in [2.75, 3.05) is 20.2 Å². The quantitative estimate of drug-likeness (QED) is 0.429. The average Bonchev–Trinajstić information content (AvgIpc) is 2.83. The highest BCUT2D eigenvalue weighted by molar-refractivity contribution is 5.08. The van der Waals surface area contributed by atoms with Crippen LogP contribution in [0.3, 0.4) is 0 Å². The lowest BCUT2D eigenvalue weighted by molar-refractivity contribution is 0.0143. The van der Waals surface area contributed by atoms with Gasteiger partial charge in [-0.1, -0.05) is 73.1 Å². The van der Waals surface area contributed by atoms with E-state index >= 15 is 0 Å². The van der Waals surface area contributed by atoms with Gasteiger partial charge < -0.3 is 4.74 Å². The first-order valence-corrected chi connectivity index (χ1v) is 13.1. The minimum absolute atomic E-state index is 0.0156. The molecular formula is C28H53NO. The second-order valence-corrected chi connectivity index (χ2v) is 14.2. The number of ether oxygens (including phenoxy) is 1. The van der Waals surface area contributed by atoms with Crippen LogP contribution in [0.5, 0.6) is 0 Å².